The van der Waals surface area contributed by atoms with Crippen LogP contribution >= 0.6 is 0 Å². The zero-order valence-corrected chi connectivity index (χ0v) is 13.7. The van der Waals surface area contributed by atoms with Crippen LogP contribution in [-0.4, -0.2) is 18.9 Å². The first-order valence-electron chi connectivity index (χ1n) is 7.82. The highest BCUT2D eigenvalue weighted by Crippen LogP contribution is 2.34. The molecule has 0 saturated carbocycles. The number of ether oxygens (including phenoxy) is 1. The summed E-state index contributed by atoms with van der Waals surface area (Å²) in [5.41, 5.74) is 5.68. The standard InChI is InChI=1S/C20H20O3/c1-12-8-9-13(2)18-17(12)11-15(19(18)21)10-14-6-4-5-7-16(14)20(22)23-3/h4-9,15H,10-11H2,1-3H3/t15-/m1/s1. The van der Waals surface area contributed by atoms with Crippen LogP contribution in [0, 0.1) is 19.8 Å². The van der Waals surface area contributed by atoms with Gasteiger partial charge in [0, 0.05) is 11.5 Å². The van der Waals surface area contributed by atoms with E-state index in [0.717, 1.165) is 28.7 Å². The molecule has 1 aliphatic rings. The van der Waals surface area contributed by atoms with Crippen LogP contribution in [0.4, 0.5) is 0 Å². The van der Waals surface area contributed by atoms with Crippen molar-refractivity contribution in [3.63, 3.8) is 0 Å². The molecular weight excluding hydrogens is 288 g/mol. The van der Waals surface area contributed by atoms with Crippen LogP contribution in [-0.2, 0) is 17.6 Å². The summed E-state index contributed by atoms with van der Waals surface area (Å²) in [4.78, 5) is 24.7. The van der Waals surface area contributed by atoms with Crippen LogP contribution in [0.25, 0.3) is 0 Å². The molecule has 3 heteroatoms. The van der Waals surface area contributed by atoms with E-state index in [1.54, 1.807) is 6.07 Å². The Balaban J connectivity index is 1.92. The molecule has 1 aliphatic carbocycles. The zero-order chi connectivity index (χ0) is 16.6. The second-order valence-electron chi connectivity index (χ2n) is 6.17. The summed E-state index contributed by atoms with van der Waals surface area (Å²) in [5, 5.41) is 0. The minimum atomic E-state index is -0.351. The Kier molecular flexibility index (Phi) is 4.03. The van der Waals surface area contributed by atoms with E-state index in [1.807, 2.05) is 31.2 Å². The number of methoxy groups -OCH3 is 1. The first kappa shape index (κ1) is 15.5. The van der Waals surface area contributed by atoms with Gasteiger partial charge >= 0.3 is 5.97 Å². The molecule has 0 bridgehead atoms. The number of hydrogen-bond acceptors (Lipinski definition) is 3. The molecule has 118 valence electrons. The van der Waals surface area contributed by atoms with Crippen molar-refractivity contribution in [2.24, 2.45) is 5.92 Å². The van der Waals surface area contributed by atoms with Crippen LogP contribution in [0.3, 0.4) is 0 Å². The Hall–Kier alpha value is -2.42. The lowest BCUT2D eigenvalue weighted by Crippen LogP contribution is -2.15. The lowest BCUT2D eigenvalue weighted by atomic mass is 9.92. The fourth-order valence-electron chi connectivity index (χ4n) is 3.46. The second kappa shape index (κ2) is 5.99. The number of ketones is 1. The highest BCUT2D eigenvalue weighted by atomic mass is 16.5. The Morgan fingerprint density at radius 3 is 2.52 bits per heavy atom. The van der Waals surface area contributed by atoms with E-state index in [9.17, 15) is 9.59 Å². The van der Waals surface area contributed by atoms with E-state index in [1.165, 1.54) is 12.7 Å². The number of esters is 1. The second-order valence-corrected chi connectivity index (χ2v) is 6.17. The van der Waals surface area contributed by atoms with Gasteiger partial charge in [-0.05, 0) is 55.0 Å². The summed E-state index contributed by atoms with van der Waals surface area (Å²) in [7, 11) is 1.38. The van der Waals surface area contributed by atoms with Gasteiger partial charge in [0.1, 0.15) is 0 Å². The van der Waals surface area contributed by atoms with Gasteiger partial charge in [-0.1, -0.05) is 30.3 Å². The third-order valence-corrected chi connectivity index (χ3v) is 4.71. The molecule has 0 unspecified atom stereocenters. The summed E-state index contributed by atoms with van der Waals surface area (Å²) in [6.45, 7) is 4.04. The predicted molar refractivity (Wildman–Crippen MR) is 88.9 cm³/mol. The maximum Gasteiger partial charge on any atom is 0.338 e. The Bertz CT molecular complexity index is 789. The van der Waals surface area contributed by atoms with Crippen LogP contribution in [0.2, 0.25) is 0 Å². The fourth-order valence-corrected chi connectivity index (χ4v) is 3.46. The number of Topliss-reactive ketones (excluding diaryl/α,β-unsaturated/α-hetero) is 1. The third kappa shape index (κ3) is 2.67. The Labute approximate surface area is 136 Å². The van der Waals surface area contributed by atoms with Gasteiger partial charge in [0.25, 0.3) is 0 Å². The first-order valence-corrected chi connectivity index (χ1v) is 7.82. The van der Waals surface area contributed by atoms with E-state index in [2.05, 4.69) is 13.0 Å². The molecule has 2 aromatic carbocycles. The van der Waals surface area contributed by atoms with Crippen molar-refractivity contribution < 1.29 is 14.3 Å². The van der Waals surface area contributed by atoms with Crippen molar-refractivity contribution in [2.75, 3.05) is 7.11 Å². The first-order chi connectivity index (χ1) is 11.0. The molecule has 0 aromatic heterocycles. The average Bonchev–Trinajstić information content (AvgIpc) is 2.89. The van der Waals surface area contributed by atoms with E-state index in [-0.39, 0.29) is 17.7 Å². The normalized spacial score (nSPS) is 16.3. The van der Waals surface area contributed by atoms with E-state index in [4.69, 9.17) is 4.74 Å². The number of benzene rings is 2. The van der Waals surface area contributed by atoms with Crippen molar-refractivity contribution >= 4 is 11.8 Å². The van der Waals surface area contributed by atoms with Crippen molar-refractivity contribution in [3.05, 3.63) is 69.8 Å². The molecule has 0 fully saturated rings. The largest absolute Gasteiger partial charge is 0.465 e. The quantitative estimate of drug-likeness (QED) is 0.812. The van der Waals surface area contributed by atoms with E-state index < -0.39 is 0 Å². The van der Waals surface area contributed by atoms with Gasteiger partial charge in [-0.3, -0.25) is 4.79 Å². The lowest BCUT2D eigenvalue weighted by molar-refractivity contribution is 0.0598. The highest BCUT2D eigenvalue weighted by Gasteiger charge is 2.33. The number of aryl methyl sites for hydroxylation is 2. The highest BCUT2D eigenvalue weighted by molar-refractivity contribution is 6.04. The maximum atomic E-state index is 12.8. The van der Waals surface area contributed by atoms with Crippen molar-refractivity contribution in [1.29, 1.82) is 0 Å². The minimum Gasteiger partial charge on any atom is -0.465 e. The molecule has 0 aliphatic heterocycles. The molecular formula is C20H20O3. The van der Waals surface area contributed by atoms with Crippen LogP contribution in [0.1, 0.15) is 43.0 Å². The maximum absolute atomic E-state index is 12.8. The molecule has 3 nitrogen and oxygen atoms in total. The van der Waals surface area contributed by atoms with Crippen molar-refractivity contribution in [3.8, 4) is 0 Å². The SMILES string of the molecule is COC(=O)c1ccccc1C[C@@H]1Cc2c(C)ccc(C)c2C1=O. The summed E-state index contributed by atoms with van der Waals surface area (Å²) < 4.78 is 4.84. The van der Waals surface area contributed by atoms with Gasteiger partial charge < -0.3 is 4.74 Å². The molecule has 2 aromatic rings. The van der Waals surface area contributed by atoms with Gasteiger partial charge in [0.05, 0.1) is 12.7 Å². The summed E-state index contributed by atoms with van der Waals surface area (Å²) in [6, 6.07) is 11.5. The zero-order valence-electron chi connectivity index (χ0n) is 13.7. The number of carbonyl (C=O) groups is 2. The minimum absolute atomic E-state index is 0.101. The van der Waals surface area contributed by atoms with Crippen molar-refractivity contribution in [2.45, 2.75) is 26.7 Å². The number of carbonyl (C=O) groups excluding carboxylic acids is 2. The van der Waals surface area contributed by atoms with Gasteiger partial charge in [-0.25, -0.2) is 4.79 Å². The molecule has 0 amide bonds. The fraction of sp³-hybridized carbons (Fsp3) is 0.300. The van der Waals surface area contributed by atoms with Crippen molar-refractivity contribution in [1.82, 2.24) is 0 Å². The molecule has 23 heavy (non-hydrogen) atoms. The van der Waals surface area contributed by atoms with Gasteiger partial charge in [-0.15, -0.1) is 0 Å². The summed E-state index contributed by atoms with van der Waals surface area (Å²) in [5.74, 6) is -0.257. The summed E-state index contributed by atoms with van der Waals surface area (Å²) >= 11 is 0. The molecule has 0 spiro atoms. The van der Waals surface area contributed by atoms with Gasteiger partial charge in [0.2, 0.25) is 0 Å². The van der Waals surface area contributed by atoms with Gasteiger partial charge in [-0.2, -0.15) is 0 Å². The van der Waals surface area contributed by atoms with Gasteiger partial charge in [0.15, 0.2) is 5.78 Å². The molecule has 0 saturated heterocycles. The molecule has 3 rings (SSSR count). The molecule has 0 heterocycles. The Morgan fingerprint density at radius 2 is 1.83 bits per heavy atom. The average molecular weight is 308 g/mol. The number of rotatable bonds is 3. The molecule has 1 atom stereocenters. The van der Waals surface area contributed by atoms with E-state index in [0.29, 0.717) is 12.0 Å². The van der Waals surface area contributed by atoms with Crippen LogP contribution in [0.15, 0.2) is 36.4 Å². The predicted octanol–water partition coefficient (Wildman–Crippen LogP) is 3.69. The smallest absolute Gasteiger partial charge is 0.338 e. The van der Waals surface area contributed by atoms with E-state index >= 15 is 0 Å². The summed E-state index contributed by atoms with van der Waals surface area (Å²) in [6.07, 6.45) is 1.31. The van der Waals surface area contributed by atoms with Crippen LogP contribution < -0.4 is 0 Å². The molecule has 0 radical (unpaired) electrons. The Morgan fingerprint density at radius 1 is 1.13 bits per heavy atom. The third-order valence-electron chi connectivity index (χ3n) is 4.71. The number of hydrogen-bond donors (Lipinski definition) is 0. The molecule has 0 N–H and O–H groups in total. The topological polar surface area (TPSA) is 43.4 Å². The lowest BCUT2D eigenvalue weighted by Gasteiger charge is -2.11. The van der Waals surface area contributed by atoms with Crippen LogP contribution in [0.5, 0.6) is 0 Å². The number of fused-ring (bicyclic) bond motifs is 1. The monoisotopic (exact) mass is 308 g/mol.